The summed E-state index contributed by atoms with van der Waals surface area (Å²) in [6, 6.07) is 7.80. The van der Waals surface area contributed by atoms with E-state index in [1.165, 1.54) is 12.8 Å². The van der Waals surface area contributed by atoms with E-state index >= 15 is 0 Å². The molecule has 1 fully saturated rings. The van der Waals surface area contributed by atoms with E-state index in [1.807, 2.05) is 24.3 Å². The largest absolute Gasteiger partial charge is 0.388 e. The minimum Gasteiger partial charge on any atom is -0.388 e. The summed E-state index contributed by atoms with van der Waals surface area (Å²) in [4.78, 5) is 14.0. The van der Waals surface area contributed by atoms with E-state index in [0.29, 0.717) is 18.9 Å². The number of hydrogen-bond acceptors (Lipinski definition) is 3. The van der Waals surface area contributed by atoms with Crippen molar-refractivity contribution in [3.63, 3.8) is 0 Å². The highest BCUT2D eigenvalue weighted by atomic mass is 16.3. The molecular weight excluding hydrogens is 240 g/mol. The van der Waals surface area contributed by atoms with E-state index in [9.17, 15) is 9.90 Å². The first-order valence-corrected chi connectivity index (χ1v) is 7.02. The van der Waals surface area contributed by atoms with E-state index in [4.69, 9.17) is 0 Å². The Bertz CT molecular complexity index is 471. The summed E-state index contributed by atoms with van der Waals surface area (Å²) in [5, 5.41) is 13.0. The first kappa shape index (κ1) is 12.5. The van der Waals surface area contributed by atoms with Crippen LogP contribution in [0.3, 0.4) is 0 Å². The van der Waals surface area contributed by atoms with Gasteiger partial charge in [0.25, 0.3) is 0 Å². The molecule has 2 aliphatic rings. The molecule has 1 saturated carbocycles. The van der Waals surface area contributed by atoms with Gasteiger partial charge in [0, 0.05) is 24.3 Å². The summed E-state index contributed by atoms with van der Waals surface area (Å²) in [6.45, 7) is 1.93. The van der Waals surface area contributed by atoms with Crippen molar-refractivity contribution < 1.29 is 9.90 Å². The van der Waals surface area contributed by atoms with Gasteiger partial charge in [-0.05, 0) is 31.2 Å². The van der Waals surface area contributed by atoms with Crippen molar-refractivity contribution in [2.45, 2.75) is 25.4 Å². The monoisotopic (exact) mass is 260 g/mol. The van der Waals surface area contributed by atoms with Gasteiger partial charge in [-0.25, -0.2) is 0 Å². The number of amides is 1. The van der Waals surface area contributed by atoms with Crippen LogP contribution in [0, 0.1) is 5.92 Å². The van der Waals surface area contributed by atoms with Crippen LogP contribution >= 0.6 is 0 Å². The van der Waals surface area contributed by atoms with Crippen LogP contribution in [0.2, 0.25) is 0 Å². The number of para-hydroxylation sites is 1. The third-order valence-electron chi connectivity index (χ3n) is 3.93. The van der Waals surface area contributed by atoms with Gasteiger partial charge in [-0.2, -0.15) is 0 Å². The topological polar surface area (TPSA) is 52.6 Å². The Balaban J connectivity index is 1.64. The number of carbonyl (C=O) groups excluding carboxylic acids is 1. The van der Waals surface area contributed by atoms with Crippen molar-refractivity contribution in [2.75, 3.05) is 24.5 Å². The van der Waals surface area contributed by atoms with Gasteiger partial charge in [0.1, 0.15) is 0 Å². The Labute approximate surface area is 113 Å². The van der Waals surface area contributed by atoms with Gasteiger partial charge in [-0.3, -0.25) is 4.79 Å². The molecule has 4 heteroatoms. The minimum atomic E-state index is -0.401. The van der Waals surface area contributed by atoms with Crippen LogP contribution in [-0.2, 0) is 4.79 Å². The summed E-state index contributed by atoms with van der Waals surface area (Å²) in [5.74, 6) is 0.789. The zero-order valence-corrected chi connectivity index (χ0v) is 11.0. The molecule has 0 saturated heterocycles. The van der Waals surface area contributed by atoms with Crippen molar-refractivity contribution in [1.82, 2.24) is 5.32 Å². The molecule has 4 nitrogen and oxygen atoms in total. The van der Waals surface area contributed by atoms with Crippen LogP contribution in [0.15, 0.2) is 24.3 Å². The maximum absolute atomic E-state index is 11.9. The van der Waals surface area contributed by atoms with Gasteiger partial charge < -0.3 is 15.3 Å². The maximum atomic E-state index is 11.9. The predicted molar refractivity (Wildman–Crippen MR) is 74.0 cm³/mol. The fourth-order valence-electron chi connectivity index (χ4n) is 2.58. The van der Waals surface area contributed by atoms with Crippen molar-refractivity contribution in [1.29, 1.82) is 0 Å². The lowest BCUT2D eigenvalue weighted by Crippen LogP contribution is -2.41. The van der Waals surface area contributed by atoms with Crippen LogP contribution in [0.5, 0.6) is 0 Å². The zero-order valence-electron chi connectivity index (χ0n) is 11.0. The highest BCUT2D eigenvalue weighted by Crippen LogP contribution is 2.33. The van der Waals surface area contributed by atoms with Crippen LogP contribution < -0.4 is 10.2 Å². The number of hydrogen-bond donors (Lipinski definition) is 2. The van der Waals surface area contributed by atoms with Crippen molar-refractivity contribution in [3.05, 3.63) is 29.8 Å². The molecule has 0 aromatic heterocycles. The highest BCUT2D eigenvalue weighted by Gasteiger charge is 2.25. The average molecular weight is 260 g/mol. The minimum absolute atomic E-state index is 0.0816. The standard InChI is InChI=1S/C15H20N2O2/c18-14-7-8-17(13-4-2-1-3-12(13)14)10-15(19)16-9-11-5-6-11/h1-4,11,14,18H,5-10H2,(H,16,19). The number of anilines is 1. The molecule has 1 unspecified atom stereocenters. The molecule has 2 N–H and O–H groups in total. The van der Waals surface area contributed by atoms with E-state index in [-0.39, 0.29) is 5.91 Å². The average Bonchev–Trinajstić information content (AvgIpc) is 3.24. The Kier molecular flexibility index (Phi) is 3.42. The molecule has 1 amide bonds. The molecule has 0 spiro atoms. The third-order valence-corrected chi connectivity index (χ3v) is 3.93. The van der Waals surface area contributed by atoms with Crippen LogP contribution in [0.1, 0.15) is 30.9 Å². The Morgan fingerprint density at radius 2 is 2.11 bits per heavy atom. The summed E-state index contributed by atoms with van der Waals surface area (Å²) in [5.41, 5.74) is 1.92. The second-order valence-electron chi connectivity index (χ2n) is 5.53. The normalized spacial score (nSPS) is 21.9. The fourth-order valence-corrected chi connectivity index (χ4v) is 2.58. The molecule has 1 heterocycles. The molecule has 0 bridgehead atoms. The summed E-state index contributed by atoms with van der Waals surface area (Å²) in [6.07, 6.45) is 2.78. The first-order valence-electron chi connectivity index (χ1n) is 7.02. The smallest absolute Gasteiger partial charge is 0.239 e. The zero-order chi connectivity index (χ0) is 13.2. The number of nitrogens with one attached hydrogen (secondary N) is 1. The van der Waals surface area contributed by atoms with E-state index in [0.717, 1.165) is 24.3 Å². The van der Waals surface area contributed by atoms with Gasteiger partial charge in [-0.15, -0.1) is 0 Å². The molecule has 19 heavy (non-hydrogen) atoms. The number of nitrogens with zero attached hydrogens (tertiary/aromatic N) is 1. The van der Waals surface area contributed by atoms with Gasteiger partial charge in [0.2, 0.25) is 5.91 Å². The fraction of sp³-hybridized carbons (Fsp3) is 0.533. The van der Waals surface area contributed by atoms with Gasteiger partial charge in [0.15, 0.2) is 0 Å². The lowest BCUT2D eigenvalue weighted by Gasteiger charge is -2.33. The predicted octanol–water partition coefficient (Wildman–Crippen LogP) is 1.46. The van der Waals surface area contributed by atoms with Gasteiger partial charge in [-0.1, -0.05) is 18.2 Å². The lowest BCUT2D eigenvalue weighted by molar-refractivity contribution is -0.119. The molecule has 1 aromatic carbocycles. The quantitative estimate of drug-likeness (QED) is 0.861. The van der Waals surface area contributed by atoms with E-state index in [1.54, 1.807) is 0 Å². The number of aliphatic hydroxyl groups excluding tert-OH is 1. The molecule has 102 valence electrons. The Hall–Kier alpha value is -1.55. The number of aliphatic hydroxyl groups is 1. The summed E-state index contributed by atoms with van der Waals surface area (Å²) >= 11 is 0. The van der Waals surface area contributed by atoms with Crippen molar-refractivity contribution >= 4 is 11.6 Å². The first-order chi connectivity index (χ1) is 9.24. The third kappa shape index (κ3) is 2.89. The molecular formula is C15H20N2O2. The molecule has 0 radical (unpaired) electrons. The second-order valence-corrected chi connectivity index (χ2v) is 5.53. The number of rotatable bonds is 4. The van der Waals surface area contributed by atoms with E-state index in [2.05, 4.69) is 10.2 Å². The molecule has 1 aromatic rings. The molecule has 1 aliphatic heterocycles. The second kappa shape index (κ2) is 5.21. The molecule has 1 atom stereocenters. The number of fused-ring (bicyclic) bond motifs is 1. The lowest BCUT2D eigenvalue weighted by atomic mass is 9.99. The van der Waals surface area contributed by atoms with Crippen molar-refractivity contribution in [2.24, 2.45) is 5.92 Å². The number of carbonyl (C=O) groups is 1. The highest BCUT2D eigenvalue weighted by molar-refractivity contribution is 5.82. The van der Waals surface area contributed by atoms with Crippen LogP contribution in [-0.4, -0.2) is 30.6 Å². The maximum Gasteiger partial charge on any atom is 0.239 e. The Morgan fingerprint density at radius 1 is 1.32 bits per heavy atom. The summed E-state index contributed by atoms with van der Waals surface area (Å²) < 4.78 is 0. The van der Waals surface area contributed by atoms with Crippen molar-refractivity contribution in [3.8, 4) is 0 Å². The van der Waals surface area contributed by atoms with Gasteiger partial charge >= 0.3 is 0 Å². The Morgan fingerprint density at radius 3 is 2.89 bits per heavy atom. The summed E-state index contributed by atoms with van der Waals surface area (Å²) in [7, 11) is 0. The molecule has 1 aliphatic carbocycles. The SMILES string of the molecule is O=C(CN1CCC(O)c2ccccc21)NCC1CC1. The van der Waals surface area contributed by atoms with Crippen LogP contribution in [0.25, 0.3) is 0 Å². The molecule has 3 rings (SSSR count). The van der Waals surface area contributed by atoms with Gasteiger partial charge in [0.05, 0.1) is 12.6 Å². The van der Waals surface area contributed by atoms with E-state index < -0.39 is 6.10 Å². The number of benzene rings is 1. The van der Waals surface area contributed by atoms with Crippen LogP contribution in [0.4, 0.5) is 5.69 Å².